The highest BCUT2D eigenvalue weighted by molar-refractivity contribution is 5.92. The lowest BCUT2D eigenvalue weighted by molar-refractivity contribution is -0.119. The van der Waals surface area contributed by atoms with Gasteiger partial charge in [0.2, 0.25) is 5.91 Å². The van der Waals surface area contributed by atoms with Gasteiger partial charge in [-0.25, -0.2) is 4.39 Å². The number of carbonyl (C=O) groups excluding carboxylic acids is 1. The van der Waals surface area contributed by atoms with Gasteiger partial charge in [-0.2, -0.15) is 0 Å². The minimum atomic E-state index is -0.413. The first-order valence-corrected chi connectivity index (χ1v) is 7.70. The fourth-order valence-corrected chi connectivity index (χ4v) is 2.98. The van der Waals surface area contributed by atoms with Crippen LogP contribution in [-0.4, -0.2) is 25.1 Å². The molecule has 2 N–H and O–H groups in total. The molecule has 1 aromatic carbocycles. The van der Waals surface area contributed by atoms with E-state index >= 15 is 0 Å². The van der Waals surface area contributed by atoms with Gasteiger partial charge < -0.3 is 15.4 Å². The highest BCUT2D eigenvalue weighted by Crippen LogP contribution is 2.27. The third-order valence-corrected chi connectivity index (χ3v) is 4.23. The molecule has 2 aliphatic rings. The molecule has 3 rings (SSSR count). The summed E-state index contributed by atoms with van der Waals surface area (Å²) in [5, 5.41) is 5.92. The Labute approximate surface area is 124 Å². The van der Waals surface area contributed by atoms with Crippen molar-refractivity contribution in [3.8, 4) is 5.75 Å². The van der Waals surface area contributed by atoms with Crippen molar-refractivity contribution in [2.24, 2.45) is 5.92 Å². The quantitative estimate of drug-likeness (QED) is 0.897. The second kappa shape index (κ2) is 6.43. The molecule has 1 aliphatic heterocycles. The summed E-state index contributed by atoms with van der Waals surface area (Å²) < 4.78 is 19.7. The number of hydrogen-bond acceptors (Lipinski definition) is 3. The van der Waals surface area contributed by atoms with Gasteiger partial charge in [0.15, 0.2) is 11.6 Å². The fourth-order valence-electron chi connectivity index (χ4n) is 2.98. The van der Waals surface area contributed by atoms with Crippen LogP contribution >= 0.6 is 0 Å². The first-order chi connectivity index (χ1) is 10.2. The average Bonchev–Trinajstić information content (AvgIpc) is 3.14. The van der Waals surface area contributed by atoms with Gasteiger partial charge in [0, 0.05) is 18.3 Å². The van der Waals surface area contributed by atoms with Crippen molar-refractivity contribution >= 4 is 11.6 Å². The summed E-state index contributed by atoms with van der Waals surface area (Å²) in [6.45, 7) is 1.55. The molecule has 0 spiro atoms. The summed E-state index contributed by atoms with van der Waals surface area (Å²) >= 11 is 0. The molecule has 0 bridgehead atoms. The molecule has 1 heterocycles. The maximum atomic E-state index is 14.0. The molecule has 2 fully saturated rings. The Bertz CT molecular complexity index is 509. The van der Waals surface area contributed by atoms with E-state index in [-0.39, 0.29) is 23.7 Å². The second-order valence-electron chi connectivity index (χ2n) is 5.85. The van der Waals surface area contributed by atoms with Gasteiger partial charge in [0.05, 0.1) is 12.0 Å². The number of nitrogens with one attached hydrogen (secondary N) is 2. The van der Waals surface area contributed by atoms with Gasteiger partial charge >= 0.3 is 0 Å². The van der Waals surface area contributed by atoms with E-state index in [9.17, 15) is 9.18 Å². The predicted octanol–water partition coefficient (Wildman–Crippen LogP) is 2.70. The molecule has 21 heavy (non-hydrogen) atoms. The van der Waals surface area contributed by atoms with Crippen LogP contribution < -0.4 is 15.4 Å². The van der Waals surface area contributed by atoms with Crippen LogP contribution in [-0.2, 0) is 4.79 Å². The number of carbonyl (C=O) groups is 1. The molecule has 1 unspecified atom stereocenters. The third-order valence-electron chi connectivity index (χ3n) is 4.23. The Morgan fingerprint density at radius 1 is 1.29 bits per heavy atom. The normalized spacial score (nSPS) is 22.4. The third kappa shape index (κ3) is 3.53. The molecule has 1 atom stereocenters. The van der Waals surface area contributed by atoms with Crippen molar-refractivity contribution in [2.75, 3.05) is 18.4 Å². The number of ether oxygens (including phenoxy) is 1. The largest absolute Gasteiger partial charge is 0.487 e. The Hall–Kier alpha value is -1.62. The zero-order chi connectivity index (χ0) is 14.7. The molecule has 1 saturated heterocycles. The van der Waals surface area contributed by atoms with Crippen LogP contribution in [0.2, 0.25) is 0 Å². The molecule has 0 aromatic heterocycles. The maximum Gasteiger partial charge on any atom is 0.228 e. The number of anilines is 1. The molecule has 114 valence electrons. The molecular weight excluding hydrogens is 271 g/mol. The summed E-state index contributed by atoms with van der Waals surface area (Å²) in [7, 11) is 0. The van der Waals surface area contributed by atoms with Crippen LogP contribution in [0.15, 0.2) is 18.2 Å². The number of amides is 1. The van der Waals surface area contributed by atoms with Crippen LogP contribution in [0.4, 0.5) is 10.1 Å². The highest BCUT2D eigenvalue weighted by atomic mass is 19.1. The first-order valence-electron chi connectivity index (χ1n) is 7.70. The van der Waals surface area contributed by atoms with E-state index in [1.807, 2.05) is 0 Å². The monoisotopic (exact) mass is 292 g/mol. The van der Waals surface area contributed by atoms with E-state index in [4.69, 9.17) is 4.74 Å². The molecule has 1 saturated carbocycles. The minimum Gasteiger partial charge on any atom is -0.487 e. The van der Waals surface area contributed by atoms with Crippen molar-refractivity contribution in [3.63, 3.8) is 0 Å². The molecule has 1 aliphatic carbocycles. The molecule has 1 amide bonds. The van der Waals surface area contributed by atoms with Crippen molar-refractivity contribution in [1.82, 2.24) is 5.32 Å². The lowest BCUT2D eigenvalue weighted by atomic mass is 10.1. The van der Waals surface area contributed by atoms with E-state index in [1.54, 1.807) is 12.1 Å². The van der Waals surface area contributed by atoms with Crippen LogP contribution in [0.1, 0.15) is 32.1 Å². The molecule has 4 nitrogen and oxygen atoms in total. The van der Waals surface area contributed by atoms with Crippen molar-refractivity contribution in [3.05, 3.63) is 24.0 Å². The van der Waals surface area contributed by atoms with Crippen molar-refractivity contribution in [2.45, 2.75) is 38.2 Å². The number of halogens is 1. The Kier molecular flexibility index (Phi) is 4.39. The number of hydrogen-bond donors (Lipinski definition) is 2. The van der Waals surface area contributed by atoms with E-state index in [0.717, 1.165) is 38.6 Å². The molecule has 0 radical (unpaired) electrons. The number of rotatable bonds is 4. The van der Waals surface area contributed by atoms with Gasteiger partial charge in [0.25, 0.3) is 0 Å². The fraction of sp³-hybridized carbons (Fsp3) is 0.562. The standard InChI is InChI=1S/C16H21FN2O2/c17-14-9-12(19-16(20)11-7-8-18-10-11)5-6-15(14)21-13-3-1-2-4-13/h5-6,9,11,13,18H,1-4,7-8,10H2,(H,19,20). The smallest absolute Gasteiger partial charge is 0.228 e. The van der Waals surface area contributed by atoms with E-state index < -0.39 is 5.82 Å². The summed E-state index contributed by atoms with van der Waals surface area (Å²) in [4.78, 5) is 12.0. The zero-order valence-corrected chi connectivity index (χ0v) is 12.0. The second-order valence-corrected chi connectivity index (χ2v) is 5.85. The molecule has 1 aromatic rings. The van der Waals surface area contributed by atoms with Crippen LogP contribution in [0.3, 0.4) is 0 Å². The van der Waals surface area contributed by atoms with E-state index in [1.165, 1.54) is 6.07 Å². The zero-order valence-electron chi connectivity index (χ0n) is 12.0. The van der Waals surface area contributed by atoms with Gasteiger partial charge in [-0.1, -0.05) is 0 Å². The topological polar surface area (TPSA) is 50.4 Å². The Morgan fingerprint density at radius 3 is 2.76 bits per heavy atom. The SMILES string of the molecule is O=C(Nc1ccc(OC2CCCC2)c(F)c1)C1CCNC1. The van der Waals surface area contributed by atoms with Crippen LogP contribution in [0.25, 0.3) is 0 Å². The summed E-state index contributed by atoms with van der Waals surface area (Å²) in [6, 6.07) is 4.65. The van der Waals surface area contributed by atoms with Crippen LogP contribution in [0.5, 0.6) is 5.75 Å². The first kappa shape index (κ1) is 14.3. The Balaban J connectivity index is 1.61. The van der Waals surface area contributed by atoms with Crippen molar-refractivity contribution < 1.29 is 13.9 Å². The Morgan fingerprint density at radius 2 is 2.10 bits per heavy atom. The summed E-state index contributed by atoms with van der Waals surface area (Å²) in [5.41, 5.74) is 0.489. The highest BCUT2D eigenvalue weighted by Gasteiger charge is 2.23. The summed E-state index contributed by atoms with van der Waals surface area (Å²) in [5.74, 6) is -0.210. The van der Waals surface area contributed by atoms with Crippen LogP contribution in [0, 0.1) is 11.7 Å². The average molecular weight is 292 g/mol. The van der Waals surface area contributed by atoms with Gasteiger partial charge in [-0.3, -0.25) is 4.79 Å². The lowest BCUT2D eigenvalue weighted by Gasteiger charge is -2.15. The minimum absolute atomic E-state index is 0.0255. The van der Waals surface area contributed by atoms with Gasteiger partial charge in [-0.05, 0) is 50.8 Å². The van der Waals surface area contributed by atoms with Gasteiger partial charge in [0.1, 0.15) is 0 Å². The van der Waals surface area contributed by atoms with E-state index in [2.05, 4.69) is 10.6 Å². The lowest BCUT2D eigenvalue weighted by Crippen LogP contribution is -2.24. The molecule has 5 heteroatoms. The maximum absolute atomic E-state index is 14.0. The molecular formula is C16H21FN2O2. The van der Waals surface area contributed by atoms with Crippen molar-refractivity contribution in [1.29, 1.82) is 0 Å². The predicted molar refractivity (Wildman–Crippen MR) is 78.9 cm³/mol. The van der Waals surface area contributed by atoms with Gasteiger partial charge in [-0.15, -0.1) is 0 Å². The summed E-state index contributed by atoms with van der Waals surface area (Å²) in [6.07, 6.45) is 5.24. The van der Waals surface area contributed by atoms with E-state index in [0.29, 0.717) is 12.2 Å². The number of benzene rings is 1.